The quantitative estimate of drug-likeness (QED) is 0.592. The highest BCUT2D eigenvalue weighted by molar-refractivity contribution is 5.96. The Morgan fingerprint density at radius 3 is 2.56 bits per heavy atom. The van der Waals surface area contributed by atoms with Crippen LogP contribution in [0.4, 0.5) is 0 Å². The number of allylic oxidation sites excluding steroid dienone is 1. The van der Waals surface area contributed by atoms with Crippen LogP contribution in [0.25, 0.3) is 0 Å². The van der Waals surface area contributed by atoms with Crippen LogP contribution in [0, 0.1) is 0 Å². The van der Waals surface area contributed by atoms with Crippen molar-refractivity contribution in [2.45, 2.75) is 32.6 Å². The summed E-state index contributed by atoms with van der Waals surface area (Å²) in [5.41, 5.74) is 0.584. The minimum atomic E-state index is -0.201. The summed E-state index contributed by atoms with van der Waals surface area (Å²) in [5.74, 6) is -0.148. The second kappa shape index (κ2) is 8.23. The van der Waals surface area contributed by atoms with Gasteiger partial charge in [-0.3, -0.25) is 9.59 Å². The van der Waals surface area contributed by atoms with Gasteiger partial charge >= 0.3 is 0 Å². The molecule has 3 nitrogen and oxygen atoms in total. The Hall–Kier alpha value is -1.90. The number of amides is 1. The smallest absolute Gasteiger partial charge is 0.255 e. The molecule has 0 saturated carbocycles. The molecule has 0 radical (unpaired) electrons. The van der Waals surface area contributed by atoms with Crippen molar-refractivity contribution in [1.29, 1.82) is 0 Å². The van der Waals surface area contributed by atoms with Crippen molar-refractivity contribution in [3.05, 3.63) is 48.2 Å². The lowest BCUT2D eigenvalue weighted by Crippen LogP contribution is -2.17. The first-order chi connectivity index (χ1) is 8.74. The normalized spacial score (nSPS) is 10.5. The number of benzene rings is 1. The van der Waals surface area contributed by atoms with Gasteiger partial charge in [0.1, 0.15) is 0 Å². The summed E-state index contributed by atoms with van der Waals surface area (Å²) in [6, 6.07) is 8.91. The standard InChI is InChI=1S/C15H19NO2/c1-2-3-5-10-14(17)11-12-16-15(18)13-8-6-4-7-9-13/h4,6-9,11-12H,2-3,5,10H2,1H3,(H,16,18)/b12-11-. The van der Waals surface area contributed by atoms with Gasteiger partial charge in [0.15, 0.2) is 5.78 Å². The van der Waals surface area contributed by atoms with Crippen LogP contribution in [0.2, 0.25) is 0 Å². The SMILES string of the molecule is CCCCCC(=O)/C=C\NC(=O)c1ccccc1. The van der Waals surface area contributed by atoms with E-state index in [0.29, 0.717) is 12.0 Å². The topological polar surface area (TPSA) is 46.2 Å². The van der Waals surface area contributed by atoms with E-state index in [1.165, 1.54) is 12.3 Å². The molecule has 1 amide bonds. The van der Waals surface area contributed by atoms with Crippen molar-refractivity contribution >= 4 is 11.7 Å². The summed E-state index contributed by atoms with van der Waals surface area (Å²) in [4.78, 5) is 23.0. The molecule has 0 atom stereocenters. The fourth-order valence-corrected chi connectivity index (χ4v) is 1.52. The highest BCUT2D eigenvalue weighted by atomic mass is 16.1. The first kappa shape index (κ1) is 14.2. The van der Waals surface area contributed by atoms with Crippen molar-refractivity contribution in [3.8, 4) is 0 Å². The van der Waals surface area contributed by atoms with E-state index in [1.54, 1.807) is 24.3 Å². The maximum atomic E-state index is 11.6. The number of hydrogen-bond acceptors (Lipinski definition) is 2. The third kappa shape index (κ3) is 5.43. The Morgan fingerprint density at radius 2 is 1.89 bits per heavy atom. The van der Waals surface area contributed by atoms with Crippen LogP contribution in [0.5, 0.6) is 0 Å². The van der Waals surface area contributed by atoms with E-state index in [2.05, 4.69) is 12.2 Å². The van der Waals surface area contributed by atoms with Crippen LogP contribution < -0.4 is 5.32 Å². The van der Waals surface area contributed by atoms with E-state index in [-0.39, 0.29) is 11.7 Å². The predicted molar refractivity (Wildman–Crippen MR) is 72.2 cm³/mol. The maximum absolute atomic E-state index is 11.6. The minimum absolute atomic E-state index is 0.0526. The first-order valence-electron chi connectivity index (χ1n) is 6.29. The average molecular weight is 245 g/mol. The summed E-state index contributed by atoms with van der Waals surface area (Å²) in [5, 5.41) is 2.58. The summed E-state index contributed by atoms with van der Waals surface area (Å²) in [6.45, 7) is 2.10. The second-order valence-electron chi connectivity index (χ2n) is 4.10. The third-order valence-corrected chi connectivity index (χ3v) is 2.55. The molecule has 0 heterocycles. The summed E-state index contributed by atoms with van der Waals surface area (Å²) < 4.78 is 0. The van der Waals surface area contributed by atoms with E-state index in [0.717, 1.165) is 19.3 Å². The van der Waals surface area contributed by atoms with E-state index in [1.807, 2.05) is 6.07 Å². The van der Waals surface area contributed by atoms with Gasteiger partial charge in [-0.15, -0.1) is 0 Å². The molecule has 1 aromatic carbocycles. The zero-order valence-corrected chi connectivity index (χ0v) is 10.7. The van der Waals surface area contributed by atoms with Gasteiger partial charge in [0, 0.05) is 18.2 Å². The van der Waals surface area contributed by atoms with Crippen molar-refractivity contribution in [2.75, 3.05) is 0 Å². The van der Waals surface area contributed by atoms with Gasteiger partial charge in [-0.05, 0) is 24.6 Å². The van der Waals surface area contributed by atoms with Crippen molar-refractivity contribution in [3.63, 3.8) is 0 Å². The molecule has 3 heteroatoms. The lowest BCUT2D eigenvalue weighted by molar-refractivity contribution is -0.114. The van der Waals surface area contributed by atoms with E-state index < -0.39 is 0 Å². The first-order valence-corrected chi connectivity index (χ1v) is 6.29. The number of hydrogen-bond donors (Lipinski definition) is 1. The van der Waals surface area contributed by atoms with Gasteiger partial charge in [-0.25, -0.2) is 0 Å². The number of unbranched alkanes of at least 4 members (excludes halogenated alkanes) is 2. The van der Waals surface area contributed by atoms with Crippen molar-refractivity contribution in [1.82, 2.24) is 5.32 Å². The van der Waals surface area contributed by atoms with Crippen LogP contribution in [-0.2, 0) is 4.79 Å². The fraction of sp³-hybridized carbons (Fsp3) is 0.333. The van der Waals surface area contributed by atoms with Crippen molar-refractivity contribution < 1.29 is 9.59 Å². The average Bonchev–Trinajstić information content (AvgIpc) is 2.40. The largest absolute Gasteiger partial charge is 0.328 e. The molecule has 1 N–H and O–H groups in total. The van der Waals surface area contributed by atoms with E-state index in [9.17, 15) is 9.59 Å². The lowest BCUT2D eigenvalue weighted by atomic mass is 10.1. The van der Waals surface area contributed by atoms with Gasteiger partial charge in [0.25, 0.3) is 5.91 Å². The highest BCUT2D eigenvalue weighted by Gasteiger charge is 2.01. The molecule has 0 aliphatic carbocycles. The van der Waals surface area contributed by atoms with Crippen LogP contribution in [0.15, 0.2) is 42.6 Å². The Kier molecular flexibility index (Phi) is 6.47. The Labute approximate surface area is 108 Å². The highest BCUT2D eigenvalue weighted by Crippen LogP contribution is 2.00. The fourth-order valence-electron chi connectivity index (χ4n) is 1.52. The van der Waals surface area contributed by atoms with Crippen LogP contribution in [0.1, 0.15) is 43.0 Å². The summed E-state index contributed by atoms with van der Waals surface area (Å²) in [6.07, 6.45) is 6.47. The zero-order valence-electron chi connectivity index (χ0n) is 10.7. The van der Waals surface area contributed by atoms with Gasteiger partial charge in [0.05, 0.1) is 0 Å². The number of nitrogens with one attached hydrogen (secondary N) is 1. The van der Waals surface area contributed by atoms with Crippen molar-refractivity contribution in [2.24, 2.45) is 0 Å². The lowest BCUT2D eigenvalue weighted by Gasteiger charge is -1.99. The van der Waals surface area contributed by atoms with Gasteiger partial charge in [0.2, 0.25) is 0 Å². The van der Waals surface area contributed by atoms with E-state index in [4.69, 9.17) is 0 Å². The van der Waals surface area contributed by atoms with Crippen LogP contribution >= 0.6 is 0 Å². The Balaban J connectivity index is 2.32. The molecule has 0 spiro atoms. The summed E-state index contributed by atoms with van der Waals surface area (Å²) in [7, 11) is 0. The van der Waals surface area contributed by atoms with Crippen LogP contribution in [-0.4, -0.2) is 11.7 Å². The molecule has 0 aliphatic heterocycles. The van der Waals surface area contributed by atoms with Gasteiger partial charge < -0.3 is 5.32 Å². The molecular formula is C15H19NO2. The number of carbonyl (C=O) groups is 2. The molecule has 1 rings (SSSR count). The van der Waals surface area contributed by atoms with Crippen LogP contribution in [0.3, 0.4) is 0 Å². The molecular weight excluding hydrogens is 226 g/mol. The second-order valence-corrected chi connectivity index (χ2v) is 4.10. The monoisotopic (exact) mass is 245 g/mol. The Morgan fingerprint density at radius 1 is 1.17 bits per heavy atom. The summed E-state index contributed by atoms with van der Waals surface area (Å²) >= 11 is 0. The molecule has 96 valence electrons. The molecule has 0 fully saturated rings. The van der Waals surface area contributed by atoms with Gasteiger partial charge in [-0.2, -0.15) is 0 Å². The maximum Gasteiger partial charge on any atom is 0.255 e. The zero-order chi connectivity index (χ0) is 13.2. The van der Waals surface area contributed by atoms with Gasteiger partial charge in [-0.1, -0.05) is 38.0 Å². The number of rotatable bonds is 7. The molecule has 1 aromatic rings. The molecule has 0 bridgehead atoms. The molecule has 0 aromatic heterocycles. The van der Waals surface area contributed by atoms with E-state index >= 15 is 0 Å². The minimum Gasteiger partial charge on any atom is -0.328 e. The third-order valence-electron chi connectivity index (χ3n) is 2.55. The number of ketones is 1. The Bertz CT molecular complexity index is 410. The molecule has 0 aliphatic rings. The predicted octanol–water partition coefficient (Wildman–Crippen LogP) is 3.08. The number of carbonyl (C=O) groups excluding carboxylic acids is 2. The molecule has 18 heavy (non-hydrogen) atoms. The molecule has 0 saturated heterocycles. The molecule has 0 unspecified atom stereocenters.